The molecule has 88 valence electrons. The van der Waals surface area contributed by atoms with E-state index in [2.05, 4.69) is 6.92 Å². The van der Waals surface area contributed by atoms with Crippen molar-refractivity contribution < 1.29 is 4.74 Å². The normalized spacial score (nSPS) is 12.1. The van der Waals surface area contributed by atoms with Gasteiger partial charge in [-0.05, 0) is 24.6 Å². The molecule has 0 fully saturated rings. The number of benzene rings is 2. The standard InChI is InChI=1S/C15H17NO/c1-12-7-9-14(10-8-12)17-15(11-16)13-5-3-2-4-6-13/h2-10,15H,11,16H2,1H3. The number of nitrogens with two attached hydrogens (primary N) is 1. The topological polar surface area (TPSA) is 35.2 Å². The lowest BCUT2D eigenvalue weighted by Gasteiger charge is -2.17. The third-order valence-corrected chi connectivity index (χ3v) is 2.68. The van der Waals surface area contributed by atoms with E-state index in [1.54, 1.807) is 0 Å². The van der Waals surface area contributed by atoms with Crippen molar-refractivity contribution in [1.82, 2.24) is 0 Å². The molecular weight excluding hydrogens is 210 g/mol. The van der Waals surface area contributed by atoms with Gasteiger partial charge >= 0.3 is 0 Å². The number of ether oxygens (including phenoxy) is 1. The van der Waals surface area contributed by atoms with Crippen molar-refractivity contribution in [3.63, 3.8) is 0 Å². The molecule has 0 aliphatic rings. The molecule has 2 aromatic rings. The highest BCUT2D eigenvalue weighted by Crippen LogP contribution is 2.21. The molecule has 0 aromatic heterocycles. The second-order valence-electron chi connectivity index (χ2n) is 4.07. The van der Waals surface area contributed by atoms with Crippen LogP contribution < -0.4 is 10.5 Å². The van der Waals surface area contributed by atoms with Crippen molar-refractivity contribution in [3.05, 3.63) is 65.7 Å². The van der Waals surface area contributed by atoms with Gasteiger partial charge < -0.3 is 10.5 Å². The zero-order chi connectivity index (χ0) is 12.1. The Balaban J connectivity index is 2.13. The highest BCUT2D eigenvalue weighted by Gasteiger charge is 2.10. The van der Waals surface area contributed by atoms with Gasteiger partial charge in [-0.25, -0.2) is 0 Å². The fourth-order valence-corrected chi connectivity index (χ4v) is 1.70. The quantitative estimate of drug-likeness (QED) is 0.871. The number of hydrogen-bond donors (Lipinski definition) is 1. The van der Waals surface area contributed by atoms with E-state index in [0.29, 0.717) is 6.54 Å². The monoisotopic (exact) mass is 227 g/mol. The molecule has 1 atom stereocenters. The van der Waals surface area contributed by atoms with E-state index in [-0.39, 0.29) is 6.10 Å². The maximum Gasteiger partial charge on any atom is 0.136 e. The Bertz CT molecular complexity index is 450. The summed E-state index contributed by atoms with van der Waals surface area (Å²) in [5, 5.41) is 0. The van der Waals surface area contributed by atoms with Gasteiger partial charge in [0.05, 0.1) is 0 Å². The summed E-state index contributed by atoms with van der Waals surface area (Å²) in [6.07, 6.45) is -0.0843. The van der Waals surface area contributed by atoms with Crippen molar-refractivity contribution in [3.8, 4) is 5.75 Å². The van der Waals surface area contributed by atoms with Crippen molar-refractivity contribution in [1.29, 1.82) is 0 Å². The van der Waals surface area contributed by atoms with E-state index < -0.39 is 0 Å². The van der Waals surface area contributed by atoms with Crippen molar-refractivity contribution >= 4 is 0 Å². The smallest absolute Gasteiger partial charge is 0.136 e. The van der Waals surface area contributed by atoms with Crippen LogP contribution in [0.15, 0.2) is 54.6 Å². The van der Waals surface area contributed by atoms with Gasteiger partial charge in [-0.2, -0.15) is 0 Å². The van der Waals surface area contributed by atoms with Gasteiger partial charge in [0, 0.05) is 6.54 Å². The molecule has 17 heavy (non-hydrogen) atoms. The van der Waals surface area contributed by atoms with E-state index in [1.807, 2.05) is 54.6 Å². The molecule has 0 radical (unpaired) electrons. The first-order chi connectivity index (χ1) is 8.29. The number of rotatable bonds is 4. The van der Waals surface area contributed by atoms with Crippen molar-refractivity contribution in [2.24, 2.45) is 5.73 Å². The first-order valence-corrected chi connectivity index (χ1v) is 5.78. The fraction of sp³-hybridized carbons (Fsp3) is 0.200. The minimum Gasteiger partial charge on any atom is -0.484 e. The first-order valence-electron chi connectivity index (χ1n) is 5.78. The van der Waals surface area contributed by atoms with Gasteiger partial charge in [-0.3, -0.25) is 0 Å². The van der Waals surface area contributed by atoms with Crippen LogP contribution in [0.25, 0.3) is 0 Å². The summed E-state index contributed by atoms with van der Waals surface area (Å²) in [5.41, 5.74) is 8.09. The van der Waals surface area contributed by atoms with E-state index in [4.69, 9.17) is 10.5 Å². The zero-order valence-corrected chi connectivity index (χ0v) is 9.97. The highest BCUT2D eigenvalue weighted by molar-refractivity contribution is 5.28. The average Bonchev–Trinajstić information content (AvgIpc) is 2.39. The minimum atomic E-state index is -0.0843. The van der Waals surface area contributed by atoms with Crippen LogP contribution in [-0.2, 0) is 0 Å². The maximum atomic E-state index is 5.88. The second kappa shape index (κ2) is 5.51. The van der Waals surface area contributed by atoms with Crippen molar-refractivity contribution in [2.75, 3.05) is 6.54 Å². The number of hydrogen-bond acceptors (Lipinski definition) is 2. The number of aryl methyl sites for hydroxylation is 1. The van der Waals surface area contributed by atoms with Crippen LogP contribution in [0.2, 0.25) is 0 Å². The molecular formula is C15H17NO. The van der Waals surface area contributed by atoms with Gasteiger partial charge in [-0.1, -0.05) is 48.0 Å². The molecule has 0 bridgehead atoms. The molecule has 2 aromatic carbocycles. The molecule has 0 aliphatic carbocycles. The average molecular weight is 227 g/mol. The SMILES string of the molecule is Cc1ccc(OC(CN)c2ccccc2)cc1. The predicted octanol–water partition coefficient (Wildman–Crippen LogP) is 3.07. The molecule has 2 rings (SSSR count). The lowest BCUT2D eigenvalue weighted by Crippen LogP contribution is -2.18. The minimum absolute atomic E-state index is 0.0843. The molecule has 0 saturated carbocycles. The Morgan fingerprint density at radius 1 is 1.00 bits per heavy atom. The van der Waals surface area contributed by atoms with E-state index in [1.165, 1.54) is 5.56 Å². The second-order valence-corrected chi connectivity index (χ2v) is 4.07. The van der Waals surface area contributed by atoms with E-state index in [9.17, 15) is 0 Å². The van der Waals surface area contributed by atoms with Crippen LogP contribution in [0.5, 0.6) is 5.75 Å². The summed E-state index contributed by atoms with van der Waals surface area (Å²) >= 11 is 0. The van der Waals surface area contributed by atoms with Crippen LogP contribution in [0.1, 0.15) is 17.2 Å². The Kier molecular flexibility index (Phi) is 3.78. The third-order valence-electron chi connectivity index (χ3n) is 2.68. The molecule has 2 N–H and O–H groups in total. The molecule has 0 spiro atoms. The molecule has 0 heterocycles. The summed E-state index contributed by atoms with van der Waals surface area (Å²) in [6, 6.07) is 18.1. The summed E-state index contributed by atoms with van der Waals surface area (Å²) in [7, 11) is 0. The first kappa shape index (κ1) is 11.7. The van der Waals surface area contributed by atoms with Gasteiger partial charge in [0.2, 0.25) is 0 Å². The molecule has 0 aliphatic heterocycles. The zero-order valence-electron chi connectivity index (χ0n) is 9.97. The third kappa shape index (κ3) is 3.08. The maximum absolute atomic E-state index is 5.88. The lowest BCUT2D eigenvalue weighted by molar-refractivity contribution is 0.214. The van der Waals surface area contributed by atoms with Crippen LogP contribution in [0.4, 0.5) is 0 Å². The predicted molar refractivity (Wildman–Crippen MR) is 70.0 cm³/mol. The van der Waals surface area contributed by atoms with Gasteiger partial charge in [-0.15, -0.1) is 0 Å². The molecule has 2 nitrogen and oxygen atoms in total. The van der Waals surface area contributed by atoms with Gasteiger partial charge in [0.25, 0.3) is 0 Å². The highest BCUT2D eigenvalue weighted by atomic mass is 16.5. The van der Waals surface area contributed by atoms with Gasteiger partial charge in [0.15, 0.2) is 0 Å². The lowest BCUT2D eigenvalue weighted by atomic mass is 10.1. The van der Waals surface area contributed by atoms with E-state index >= 15 is 0 Å². The summed E-state index contributed by atoms with van der Waals surface area (Å²) < 4.78 is 5.88. The summed E-state index contributed by atoms with van der Waals surface area (Å²) in [4.78, 5) is 0. The Hall–Kier alpha value is -1.80. The molecule has 2 heteroatoms. The van der Waals surface area contributed by atoms with E-state index in [0.717, 1.165) is 11.3 Å². The van der Waals surface area contributed by atoms with Crippen LogP contribution in [0.3, 0.4) is 0 Å². The Labute approximate surface area is 102 Å². The Morgan fingerprint density at radius 3 is 2.24 bits per heavy atom. The van der Waals surface area contributed by atoms with Gasteiger partial charge in [0.1, 0.15) is 11.9 Å². The summed E-state index contributed by atoms with van der Waals surface area (Å²) in [6.45, 7) is 2.53. The molecule has 0 amide bonds. The van der Waals surface area contributed by atoms with Crippen molar-refractivity contribution in [2.45, 2.75) is 13.0 Å². The summed E-state index contributed by atoms with van der Waals surface area (Å²) in [5.74, 6) is 0.856. The van der Waals surface area contributed by atoms with Crippen LogP contribution in [0, 0.1) is 6.92 Å². The molecule has 1 unspecified atom stereocenters. The largest absolute Gasteiger partial charge is 0.484 e. The molecule has 0 saturated heterocycles. The van der Waals surface area contributed by atoms with Crippen LogP contribution >= 0.6 is 0 Å². The van der Waals surface area contributed by atoms with Crippen LogP contribution in [-0.4, -0.2) is 6.54 Å². The fourth-order valence-electron chi connectivity index (χ4n) is 1.70. The Morgan fingerprint density at radius 2 is 1.65 bits per heavy atom.